The number of methoxy groups -OCH3 is 1. The number of piperidine rings is 2. The van der Waals surface area contributed by atoms with E-state index in [1.807, 2.05) is 43.4 Å². The van der Waals surface area contributed by atoms with E-state index in [2.05, 4.69) is 29.0 Å². The fourth-order valence-electron chi connectivity index (χ4n) is 5.67. The number of carbonyl (C=O) groups excluding carboxylic acids is 1. The number of benzene rings is 2. The van der Waals surface area contributed by atoms with Crippen LogP contribution in [0.2, 0.25) is 10.0 Å². The molecule has 42 heavy (non-hydrogen) atoms. The second-order valence-electron chi connectivity index (χ2n) is 10.8. The molecule has 0 amide bonds. The van der Waals surface area contributed by atoms with Crippen molar-refractivity contribution in [1.82, 2.24) is 9.80 Å². The normalized spacial score (nSPS) is 23.8. The van der Waals surface area contributed by atoms with E-state index in [4.69, 9.17) is 32.7 Å². The summed E-state index contributed by atoms with van der Waals surface area (Å²) in [6.45, 7) is 6.09. The molecule has 0 unspecified atom stereocenters. The first-order valence-electron chi connectivity index (χ1n) is 14.0. The number of ether oxygens (including phenoxy) is 2. The predicted molar refractivity (Wildman–Crippen MR) is 177 cm³/mol. The fourth-order valence-corrected chi connectivity index (χ4v) is 5.92. The van der Waals surface area contributed by atoms with Crippen LogP contribution in [0.1, 0.15) is 50.1 Å². The standard InChI is InChI=1S/C14H18ClNO2.C13H18ClNO.C4H8O.Al.ClH.Li.4H/c1-16-8-7-12(13(9-16)14(17)18-2)10-3-5-11(15)6-4-10;1-15-7-6-13(11(8-15)9-16)10-2-4-12(14)5-3-10;1-2-4-5-3-1;;;;;;;/h3-6,12-13H,7-9H2,1-2H3;2-5,11,13,16H,6-9H2,1H3;1-4H2;;1H;;;;;/q;;;;;+1;;;;-1/t12-,13+;11-,13-;;;;;;;;/m11......../s1. The summed E-state index contributed by atoms with van der Waals surface area (Å²) in [4.78, 5) is 16.3. The van der Waals surface area contributed by atoms with Crippen LogP contribution in [-0.2, 0) is 14.3 Å². The molecule has 232 valence electrons. The van der Waals surface area contributed by atoms with E-state index < -0.39 is 0 Å². The zero-order chi connectivity index (χ0) is 28.2. The molecule has 1 N–H and O–H groups in total. The summed E-state index contributed by atoms with van der Waals surface area (Å²) in [7, 11) is 5.60. The second-order valence-corrected chi connectivity index (χ2v) is 11.7. The number of carbonyl (C=O) groups is 1. The Morgan fingerprint density at radius 1 is 0.905 bits per heavy atom. The van der Waals surface area contributed by atoms with Crippen LogP contribution >= 0.6 is 35.6 Å². The van der Waals surface area contributed by atoms with E-state index in [9.17, 15) is 9.90 Å². The Balaban J connectivity index is 0. The Morgan fingerprint density at radius 2 is 1.36 bits per heavy atom. The molecule has 0 aliphatic carbocycles. The molecule has 0 aromatic heterocycles. The summed E-state index contributed by atoms with van der Waals surface area (Å²) >= 11 is 11.8. The molecule has 2 aromatic rings. The van der Waals surface area contributed by atoms with Gasteiger partial charge in [-0.2, -0.15) is 0 Å². The van der Waals surface area contributed by atoms with Gasteiger partial charge in [-0.1, -0.05) is 47.5 Å². The largest absolute Gasteiger partial charge is 1.00 e. The minimum Gasteiger partial charge on any atom is -1.00 e. The predicted octanol–water partition coefficient (Wildman–Crippen LogP) is 2.07. The molecule has 0 radical (unpaired) electrons. The number of aliphatic hydroxyl groups excluding tert-OH is 1. The minimum atomic E-state index is -0.124. The molecular formula is C31H49AlCl3LiN2O4. The topological polar surface area (TPSA) is 62.2 Å². The van der Waals surface area contributed by atoms with Crippen LogP contribution < -0.4 is 18.9 Å². The molecule has 5 rings (SSSR count). The molecule has 3 aliphatic rings. The Kier molecular flexibility index (Phi) is 22.2. The molecule has 11 heteroatoms. The molecule has 0 spiro atoms. The maximum Gasteiger partial charge on any atom is 1.00 e. The van der Waals surface area contributed by atoms with Gasteiger partial charge in [0.05, 0.1) is 13.0 Å². The van der Waals surface area contributed by atoms with Gasteiger partial charge in [0.1, 0.15) is 0 Å². The van der Waals surface area contributed by atoms with E-state index in [0.717, 1.165) is 62.3 Å². The maximum absolute atomic E-state index is 11.9. The molecule has 2 aromatic carbocycles. The number of esters is 1. The number of rotatable bonds is 4. The zero-order valence-electron chi connectivity index (χ0n) is 25.9. The number of aliphatic hydroxyl groups is 1. The number of hydrogen-bond donors (Lipinski definition) is 1. The van der Waals surface area contributed by atoms with Crippen LogP contribution in [0.25, 0.3) is 0 Å². The Morgan fingerprint density at radius 3 is 1.79 bits per heavy atom. The molecular weight excluding hydrogens is 605 g/mol. The van der Waals surface area contributed by atoms with Crippen molar-refractivity contribution in [2.45, 2.75) is 37.5 Å². The van der Waals surface area contributed by atoms with Gasteiger partial charge in [-0.3, -0.25) is 4.79 Å². The van der Waals surface area contributed by atoms with Gasteiger partial charge in [-0.15, -0.1) is 12.4 Å². The van der Waals surface area contributed by atoms with Crippen molar-refractivity contribution in [3.63, 3.8) is 0 Å². The summed E-state index contributed by atoms with van der Waals surface area (Å²) in [5.41, 5.74) is 2.47. The monoisotopic (exact) mass is 652 g/mol. The van der Waals surface area contributed by atoms with Crippen molar-refractivity contribution in [3.05, 3.63) is 69.7 Å². The number of halogens is 3. The average molecular weight is 654 g/mol. The Bertz CT molecular complexity index is 1000. The Labute approximate surface area is 293 Å². The molecule has 6 nitrogen and oxygen atoms in total. The van der Waals surface area contributed by atoms with Gasteiger partial charge < -0.3 is 25.8 Å². The van der Waals surface area contributed by atoms with Gasteiger partial charge in [0.2, 0.25) is 0 Å². The summed E-state index contributed by atoms with van der Waals surface area (Å²) in [5, 5.41) is 10.9. The van der Waals surface area contributed by atoms with Crippen molar-refractivity contribution < 1.29 is 39.7 Å². The van der Waals surface area contributed by atoms with Crippen LogP contribution in [0.15, 0.2) is 48.5 Å². The molecule has 3 fully saturated rings. The molecule has 3 aliphatic heterocycles. The smallest absolute Gasteiger partial charge is 1.00 e. The van der Waals surface area contributed by atoms with Gasteiger partial charge in [-0.05, 0) is 100 Å². The third-order valence-corrected chi connectivity index (χ3v) is 8.42. The van der Waals surface area contributed by atoms with Crippen LogP contribution in [0.3, 0.4) is 0 Å². The maximum atomic E-state index is 11.9. The van der Waals surface area contributed by atoms with Gasteiger partial charge in [0.15, 0.2) is 17.4 Å². The minimum absolute atomic E-state index is 0. The quantitative estimate of drug-likeness (QED) is 0.403. The van der Waals surface area contributed by atoms with Gasteiger partial charge in [0.25, 0.3) is 0 Å². The van der Waals surface area contributed by atoms with Crippen LogP contribution in [0, 0.1) is 11.8 Å². The zero-order valence-corrected chi connectivity index (χ0v) is 27.3. The van der Waals surface area contributed by atoms with Crippen LogP contribution in [0.5, 0.6) is 0 Å². The molecule has 4 atom stereocenters. The van der Waals surface area contributed by atoms with Crippen molar-refractivity contribution in [2.24, 2.45) is 11.8 Å². The van der Waals surface area contributed by atoms with E-state index in [-0.39, 0.29) is 74.5 Å². The van der Waals surface area contributed by atoms with Gasteiger partial charge in [0, 0.05) is 48.9 Å². The second kappa shape index (κ2) is 22.3. The molecule has 3 saturated heterocycles. The summed E-state index contributed by atoms with van der Waals surface area (Å²) in [6.07, 6.45) is 4.64. The summed E-state index contributed by atoms with van der Waals surface area (Å²) in [6, 6.07) is 15.8. The Hall–Kier alpha value is -0.250. The third kappa shape index (κ3) is 13.4. The van der Waals surface area contributed by atoms with Crippen molar-refractivity contribution >= 4 is 58.9 Å². The first-order valence-corrected chi connectivity index (χ1v) is 14.7. The first-order chi connectivity index (χ1) is 18.8. The van der Waals surface area contributed by atoms with Crippen LogP contribution in [0.4, 0.5) is 0 Å². The van der Waals surface area contributed by atoms with Crippen molar-refractivity contribution in [1.29, 1.82) is 0 Å². The number of likely N-dealkylation sites (tertiary alicyclic amines) is 2. The molecule has 0 saturated carbocycles. The number of hydrogen-bond acceptors (Lipinski definition) is 6. The van der Waals surface area contributed by atoms with Gasteiger partial charge in [-0.25, -0.2) is 0 Å². The van der Waals surface area contributed by atoms with Crippen molar-refractivity contribution in [3.8, 4) is 0 Å². The molecule has 0 bridgehead atoms. The van der Waals surface area contributed by atoms with E-state index in [1.165, 1.54) is 31.1 Å². The SMILES string of the molecule is C1CCOC1.CN1CC[C@H](c2ccc(Cl)cc2)[C@@H](CO)C1.COC(=O)[C@H]1CN(C)CC[C@@H]1c1ccc(Cl)cc1.Cl.[AlH3].[H-].[Li+]. The van der Waals surface area contributed by atoms with E-state index in [1.54, 1.807) is 0 Å². The number of nitrogens with zero attached hydrogens (tertiary/aromatic N) is 2. The first kappa shape index (κ1) is 41.7. The molecule has 3 heterocycles. The van der Waals surface area contributed by atoms with Gasteiger partial charge >= 0.3 is 24.8 Å². The third-order valence-electron chi connectivity index (χ3n) is 7.92. The summed E-state index contributed by atoms with van der Waals surface area (Å²) in [5.74, 6) is 0.834. The summed E-state index contributed by atoms with van der Waals surface area (Å²) < 4.78 is 9.87. The van der Waals surface area contributed by atoms with E-state index >= 15 is 0 Å². The van der Waals surface area contributed by atoms with Crippen molar-refractivity contribution in [2.75, 3.05) is 67.2 Å². The average Bonchev–Trinajstić information content (AvgIpc) is 3.55. The van der Waals surface area contributed by atoms with Crippen LogP contribution in [-0.4, -0.2) is 105 Å². The fraction of sp³-hybridized carbons (Fsp3) is 0.581. The van der Waals surface area contributed by atoms with E-state index in [0.29, 0.717) is 11.8 Å².